The molecule has 1 aliphatic heterocycles. The van der Waals surface area contributed by atoms with E-state index in [4.69, 9.17) is 31.8 Å². The van der Waals surface area contributed by atoms with Crippen LogP contribution in [0.4, 0.5) is 11.4 Å². The molecule has 228 valence electrons. The van der Waals surface area contributed by atoms with Gasteiger partial charge in [0.1, 0.15) is 5.01 Å². The number of piperidine rings is 1. The lowest BCUT2D eigenvalue weighted by atomic mass is 9.91. The predicted molar refractivity (Wildman–Crippen MR) is 179 cm³/mol. The molecule has 1 saturated heterocycles. The molecule has 1 fully saturated rings. The van der Waals surface area contributed by atoms with E-state index in [2.05, 4.69) is 29.4 Å². The number of anilines is 2. The van der Waals surface area contributed by atoms with Crippen molar-refractivity contribution >= 4 is 50.5 Å². The zero-order chi connectivity index (χ0) is 30.9. The molecule has 0 saturated carbocycles. The Morgan fingerprint density at radius 2 is 1.81 bits per heavy atom. The maximum atomic E-state index is 13.4. The van der Waals surface area contributed by atoms with Gasteiger partial charge >= 0.3 is 5.97 Å². The van der Waals surface area contributed by atoms with E-state index in [1.54, 1.807) is 18.3 Å². The second kappa shape index (κ2) is 12.8. The molecule has 2 heterocycles. The van der Waals surface area contributed by atoms with Gasteiger partial charge in [0.2, 0.25) is 0 Å². The van der Waals surface area contributed by atoms with Crippen molar-refractivity contribution in [2.24, 2.45) is 0 Å². The number of carbonyl (C=O) groups excluding carboxylic acids is 1. The van der Waals surface area contributed by atoms with Crippen LogP contribution < -0.4 is 11.1 Å². The fraction of sp³-hybridized carbons (Fsp3) is 0.412. The van der Waals surface area contributed by atoms with E-state index >= 15 is 0 Å². The molecule has 5 rings (SSSR count). The number of halogens is 1. The fourth-order valence-electron chi connectivity index (χ4n) is 5.57. The number of ether oxygens (including phenoxy) is 2. The highest BCUT2D eigenvalue weighted by Gasteiger charge is 2.33. The summed E-state index contributed by atoms with van der Waals surface area (Å²) >= 11 is 7.86. The van der Waals surface area contributed by atoms with Crippen LogP contribution in [0, 0.1) is 6.92 Å². The van der Waals surface area contributed by atoms with Gasteiger partial charge in [-0.25, -0.2) is 9.78 Å². The summed E-state index contributed by atoms with van der Waals surface area (Å²) in [6.45, 7) is 12.0. The molecule has 43 heavy (non-hydrogen) atoms. The van der Waals surface area contributed by atoms with Gasteiger partial charge in [0.25, 0.3) is 0 Å². The maximum absolute atomic E-state index is 13.4. The summed E-state index contributed by atoms with van der Waals surface area (Å²) in [5, 5.41) is 5.13. The molecule has 1 atom stereocenters. The number of hydrogen-bond donors (Lipinski definition) is 2. The maximum Gasteiger partial charge on any atom is 0.339 e. The van der Waals surface area contributed by atoms with Crippen molar-refractivity contribution < 1.29 is 14.3 Å². The van der Waals surface area contributed by atoms with Crippen LogP contribution in [0.15, 0.2) is 48.5 Å². The minimum Gasteiger partial charge on any atom is -0.464 e. The molecular formula is C34H41ClN4O3S. The predicted octanol–water partition coefficient (Wildman–Crippen LogP) is 8.10. The van der Waals surface area contributed by atoms with Gasteiger partial charge in [0.15, 0.2) is 6.10 Å². The molecule has 0 amide bonds. The van der Waals surface area contributed by atoms with Gasteiger partial charge in [-0.3, -0.25) is 0 Å². The van der Waals surface area contributed by atoms with Crippen LogP contribution in [0.3, 0.4) is 0 Å². The Balaban J connectivity index is 1.61. The van der Waals surface area contributed by atoms with Crippen molar-refractivity contribution in [3.63, 3.8) is 0 Å². The number of nitrogen functional groups attached to an aromatic ring is 1. The van der Waals surface area contributed by atoms with E-state index in [0.717, 1.165) is 74.7 Å². The number of aryl methyl sites for hydroxylation is 1. The average molecular weight is 621 g/mol. The standard InChI is InChI=1S/C34H41ClN4O3S/c1-7-41-33(40)30(42-34(3,4)5)28-20(2)18-27-31(29(28)21-8-11-23(35)12-9-21)43-32(38-27)22-10-13-26(25(36)19-22)37-24-14-16-39(6)17-15-24/h8-13,18-19,24,30,37H,7,14-17,36H2,1-6H3. The zero-order valence-corrected chi connectivity index (χ0v) is 27.4. The van der Waals surface area contributed by atoms with E-state index < -0.39 is 17.7 Å². The monoisotopic (exact) mass is 620 g/mol. The number of nitrogens with one attached hydrogen (secondary N) is 1. The third-order valence-electron chi connectivity index (χ3n) is 7.67. The number of nitrogens with zero attached hydrogens (tertiary/aromatic N) is 2. The lowest BCUT2D eigenvalue weighted by Crippen LogP contribution is -2.36. The second-order valence-corrected chi connectivity index (χ2v) is 13.7. The highest BCUT2D eigenvalue weighted by atomic mass is 35.5. The molecule has 1 unspecified atom stereocenters. The molecule has 1 aromatic heterocycles. The van der Waals surface area contributed by atoms with Crippen molar-refractivity contribution in [1.82, 2.24) is 9.88 Å². The number of thiazole rings is 1. The Labute approximate surface area is 263 Å². The number of aromatic nitrogens is 1. The van der Waals surface area contributed by atoms with E-state index in [9.17, 15) is 4.79 Å². The van der Waals surface area contributed by atoms with E-state index in [0.29, 0.717) is 16.8 Å². The first-order valence-electron chi connectivity index (χ1n) is 14.8. The van der Waals surface area contributed by atoms with Crippen LogP contribution in [0.25, 0.3) is 31.9 Å². The smallest absolute Gasteiger partial charge is 0.339 e. The molecule has 3 N–H and O–H groups in total. The minimum absolute atomic E-state index is 0.259. The second-order valence-electron chi connectivity index (χ2n) is 12.2. The Bertz CT molecular complexity index is 1600. The molecule has 0 bridgehead atoms. The summed E-state index contributed by atoms with van der Waals surface area (Å²) in [6.07, 6.45) is 1.27. The molecule has 0 radical (unpaired) electrons. The van der Waals surface area contributed by atoms with Gasteiger partial charge in [0.05, 0.1) is 33.8 Å². The first-order valence-corrected chi connectivity index (χ1v) is 16.0. The number of fused-ring (bicyclic) bond motifs is 1. The molecule has 3 aromatic carbocycles. The topological polar surface area (TPSA) is 89.7 Å². The fourth-order valence-corrected chi connectivity index (χ4v) is 6.82. The van der Waals surface area contributed by atoms with Crippen LogP contribution in [-0.2, 0) is 14.3 Å². The highest BCUT2D eigenvalue weighted by Crippen LogP contribution is 2.45. The van der Waals surface area contributed by atoms with Gasteiger partial charge in [-0.1, -0.05) is 23.7 Å². The summed E-state index contributed by atoms with van der Waals surface area (Å²) in [4.78, 5) is 20.8. The van der Waals surface area contributed by atoms with E-state index in [-0.39, 0.29) is 6.61 Å². The Kier molecular flexibility index (Phi) is 9.32. The lowest BCUT2D eigenvalue weighted by molar-refractivity contribution is -0.166. The number of likely N-dealkylation sites (tertiary alicyclic amines) is 1. The van der Waals surface area contributed by atoms with Gasteiger partial charge in [-0.05, 0) is 115 Å². The molecule has 4 aromatic rings. The normalized spacial score (nSPS) is 15.5. The number of rotatable bonds is 8. The van der Waals surface area contributed by atoms with Crippen molar-refractivity contribution in [2.75, 3.05) is 37.8 Å². The third kappa shape index (κ3) is 7.15. The summed E-state index contributed by atoms with van der Waals surface area (Å²) in [5.74, 6) is -0.416. The average Bonchev–Trinajstić information content (AvgIpc) is 3.37. The van der Waals surface area contributed by atoms with Crippen LogP contribution in [0.1, 0.15) is 57.8 Å². The molecule has 0 spiro atoms. The van der Waals surface area contributed by atoms with Crippen molar-refractivity contribution in [3.8, 4) is 21.7 Å². The Hall–Kier alpha value is -3.17. The number of nitrogens with two attached hydrogens (primary N) is 1. The molecule has 0 aliphatic carbocycles. The number of benzene rings is 3. The van der Waals surface area contributed by atoms with E-state index in [1.165, 1.54) is 0 Å². The SMILES string of the molecule is CCOC(=O)C(OC(C)(C)C)c1c(C)cc2nc(-c3ccc(NC4CCN(C)CC4)c(N)c3)sc2c1-c1ccc(Cl)cc1. The van der Waals surface area contributed by atoms with Crippen molar-refractivity contribution in [1.29, 1.82) is 0 Å². The van der Waals surface area contributed by atoms with Gasteiger partial charge < -0.3 is 25.4 Å². The molecule has 7 nitrogen and oxygen atoms in total. The number of carbonyl (C=O) groups is 1. The molecular weight excluding hydrogens is 580 g/mol. The largest absolute Gasteiger partial charge is 0.464 e. The summed E-state index contributed by atoms with van der Waals surface area (Å²) in [5.41, 5.74) is 12.9. The van der Waals surface area contributed by atoms with Crippen molar-refractivity contribution in [3.05, 3.63) is 64.7 Å². The quantitative estimate of drug-likeness (QED) is 0.152. The summed E-state index contributed by atoms with van der Waals surface area (Å²) in [7, 11) is 2.16. The van der Waals surface area contributed by atoms with Gasteiger partial charge in [-0.2, -0.15) is 0 Å². The van der Waals surface area contributed by atoms with Crippen LogP contribution in [0.2, 0.25) is 5.02 Å². The summed E-state index contributed by atoms with van der Waals surface area (Å²) in [6, 6.07) is 16.2. The lowest BCUT2D eigenvalue weighted by Gasteiger charge is -2.30. The van der Waals surface area contributed by atoms with Gasteiger partial charge in [0, 0.05) is 27.8 Å². The van der Waals surface area contributed by atoms with Crippen LogP contribution in [-0.4, -0.2) is 54.2 Å². The molecule has 9 heteroatoms. The van der Waals surface area contributed by atoms with E-state index in [1.807, 2.05) is 64.1 Å². The number of hydrogen-bond acceptors (Lipinski definition) is 8. The zero-order valence-electron chi connectivity index (χ0n) is 25.8. The Morgan fingerprint density at radius 3 is 2.44 bits per heavy atom. The Morgan fingerprint density at radius 1 is 1.14 bits per heavy atom. The highest BCUT2D eigenvalue weighted by molar-refractivity contribution is 7.22. The third-order valence-corrected chi connectivity index (χ3v) is 9.06. The number of esters is 1. The first kappa shape index (κ1) is 31.3. The van der Waals surface area contributed by atoms with Crippen molar-refractivity contribution in [2.45, 2.75) is 65.2 Å². The summed E-state index contributed by atoms with van der Waals surface area (Å²) < 4.78 is 12.9. The van der Waals surface area contributed by atoms with Crippen LogP contribution >= 0.6 is 22.9 Å². The molecule has 1 aliphatic rings. The van der Waals surface area contributed by atoms with Crippen LogP contribution in [0.5, 0.6) is 0 Å². The van der Waals surface area contributed by atoms with Gasteiger partial charge in [-0.15, -0.1) is 11.3 Å². The first-order chi connectivity index (χ1) is 20.4. The minimum atomic E-state index is -0.916.